The quantitative estimate of drug-likeness (QED) is 0.715. The van der Waals surface area contributed by atoms with Crippen LogP contribution in [0.5, 0.6) is 0 Å². The van der Waals surface area contributed by atoms with Gasteiger partial charge >= 0.3 is 0 Å². The maximum atomic E-state index is 11.8. The highest BCUT2D eigenvalue weighted by molar-refractivity contribution is 9.10. The first-order chi connectivity index (χ1) is 8.91. The number of carbonyl (C=O) groups is 3. The first-order valence-corrected chi connectivity index (χ1v) is 6.33. The van der Waals surface area contributed by atoms with E-state index in [0.717, 1.165) is 0 Å². The van der Waals surface area contributed by atoms with Crippen LogP contribution in [0.25, 0.3) is 0 Å². The molecule has 19 heavy (non-hydrogen) atoms. The number of benzene rings is 1. The molecule has 1 unspecified atom stereocenters. The Kier molecular flexibility index (Phi) is 5.50. The minimum Gasteiger partial charge on any atom is -0.345 e. The minimum absolute atomic E-state index is 0.320. The van der Waals surface area contributed by atoms with Crippen molar-refractivity contribution >= 4 is 33.7 Å². The number of carbonyl (C=O) groups excluding carboxylic acids is 3. The number of hydrogen-bond donors (Lipinski definition) is 3. The second-order valence-corrected chi connectivity index (χ2v) is 4.70. The predicted molar refractivity (Wildman–Crippen MR) is 73.0 cm³/mol. The normalized spacial score (nSPS) is 11.3. The molecule has 0 aliphatic rings. The summed E-state index contributed by atoms with van der Waals surface area (Å²) in [4.78, 5) is 34.1. The van der Waals surface area contributed by atoms with Crippen LogP contribution in [0.4, 0.5) is 0 Å². The van der Waals surface area contributed by atoms with E-state index in [1.165, 1.54) is 13.8 Å². The Bertz CT molecular complexity index is 505. The first-order valence-electron chi connectivity index (χ1n) is 5.53. The lowest BCUT2D eigenvalue weighted by molar-refractivity contribution is -0.128. The zero-order valence-electron chi connectivity index (χ0n) is 10.5. The lowest BCUT2D eigenvalue weighted by atomic mass is 10.2. The van der Waals surface area contributed by atoms with E-state index >= 15 is 0 Å². The molecular weight excluding hydrogens is 314 g/mol. The van der Waals surface area contributed by atoms with Crippen LogP contribution in [-0.4, -0.2) is 23.8 Å². The zero-order valence-corrected chi connectivity index (χ0v) is 12.1. The third kappa shape index (κ3) is 4.70. The van der Waals surface area contributed by atoms with E-state index in [1.807, 2.05) is 0 Å². The fourth-order valence-electron chi connectivity index (χ4n) is 1.31. The molecule has 1 aromatic carbocycles. The van der Waals surface area contributed by atoms with Crippen LogP contribution < -0.4 is 16.2 Å². The molecule has 0 heterocycles. The molecule has 1 aromatic rings. The Balaban J connectivity index is 2.53. The summed E-state index contributed by atoms with van der Waals surface area (Å²) in [7, 11) is 0. The van der Waals surface area contributed by atoms with Crippen molar-refractivity contribution in [2.75, 3.05) is 0 Å². The van der Waals surface area contributed by atoms with Crippen molar-refractivity contribution in [3.8, 4) is 0 Å². The summed E-state index contributed by atoms with van der Waals surface area (Å²) in [6.45, 7) is 2.82. The van der Waals surface area contributed by atoms with E-state index < -0.39 is 17.9 Å². The minimum atomic E-state index is -0.725. The van der Waals surface area contributed by atoms with Gasteiger partial charge < -0.3 is 5.32 Å². The Morgan fingerprint density at radius 3 is 2.37 bits per heavy atom. The van der Waals surface area contributed by atoms with Gasteiger partial charge in [-0.05, 0) is 35.0 Å². The van der Waals surface area contributed by atoms with Crippen LogP contribution in [-0.2, 0) is 9.59 Å². The largest absolute Gasteiger partial charge is 0.345 e. The Morgan fingerprint density at radius 1 is 1.16 bits per heavy atom. The monoisotopic (exact) mass is 327 g/mol. The van der Waals surface area contributed by atoms with Crippen LogP contribution >= 0.6 is 15.9 Å². The van der Waals surface area contributed by atoms with E-state index in [0.29, 0.717) is 10.0 Å². The van der Waals surface area contributed by atoms with Crippen LogP contribution in [0.3, 0.4) is 0 Å². The second-order valence-electron chi connectivity index (χ2n) is 3.85. The molecule has 0 aliphatic heterocycles. The molecule has 3 amide bonds. The molecule has 0 saturated heterocycles. The molecule has 0 radical (unpaired) electrons. The highest BCUT2D eigenvalue weighted by Gasteiger charge is 2.15. The summed E-state index contributed by atoms with van der Waals surface area (Å²) < 4.78 is 0.622. The second kappa shape index (κ2) is 6.89. The standard InChI is InChI=1S/C12H14BrN3O3/c1-7(14-8(2)17)11(18)15-16-12(19)9-5-3-4-6-10(9)13/h3-7H,1-2H3,(H,14,17)(H,15,18)(H,16,19). The van der Waals surface area contributed by atoms with Gasteiger partial charge in [-0.1, -0.05) is 12.1 Å². The number of amides is 3. The predicted octanol–water partition coefficient (Wildman–Crippen LogP) is 0.735. The van der Waals surface area contributed by atoms with Crippen LogP contribution in [0.15, 0.2) is 28.7 Å². The van der Waals surface area contributed by atoms with Crippen molar-refractivity contribution < 1.29 is 14.4 Å². The van der Waals surface area contributed by atoms with Crippen LogP contribution in [0, 0.1) is 0 Å². The van der Waals surface area contributed by atoms with Crippen molar-refractivity contribution in [3.63, 3.8) is 0 Å². The van der Waals surface area contributed by atoms with Gasteiger partial charge in [-0.2, -0.15) is 0 Å². The molecule has 0 aromatic heterocycles. The summed E-state index contributed by atoms with van der Waals surface area (Å²) >= 11 is 3.24. The van der Waals surface area contributed by atoms with Gasteiger partial charge in [0.05, 0.1) is 5.56 Å². The maximum absolute atomic E-state index is 11.8. The van der Waals surface area contributed by atoms with Gasteiger partial charge in [0.25, 0.3) is 11.8 Å². The smallest absolute Gasteiger partial charge is 0.270 e. The summed E-state index contributed by atoms with van der Waals surface area (Å²) in [6, 6.07) is 6.09. The number of hydrazine groups is 1. The lowest BCUT2D eigenvalue weighted by Crippen LogP contribution is -2.50. The Morgan fingerprint density at radius 2 is 1.79 bits per heavy atom. The van der Waals surface area contributed by atoms with Crippen LogP contribution in [0.2, 0.25) is 0 Å². The molecule has 0 bridgehead atoms. The summed E-state index contributed by atoms with van der Waals surface area (Å²) in [5, 5.41) is 2.41. The van der Waals surface area contributed by atoms with Crippen molar-refractivity contribution in [2.24, 2.45) is 0 Å². The number of halogens is 1. The first kappa shape index (κ1) is 15.2. The molecule has 102 valence electrons. The van der Waals surface area contributed by atoms with Gasteiger partial charge in [-0.3, -0.25) is 25.2 Å². The van der Waals surface area contributed by atoms with Crippen LogP contribution in [0.1, 0.15) is 24.2 Å². The van der Waals surface area contributed by atoms with Gasteiger partial charge in [0.1, 0.15) is 6.04 Å². The van der Waals surface area contributed by atoms with Gasteiger partial charge in [0.2, 0.25) is 5.91 Å². The van der Waals surface area contributed by atoms with Crippen molar-refractivity contribution in [1.29, 1.82) is 0 Å². The molecule has 1 atom stereocenters. The molecule has 0 fully saturated rings. The Hall–Kier alpha value is -1.89. The third-order valence-corrected chi connectivity index (χ3v) is 2.92. The van der Waals surface area contributed by atoms with E-state index in [-0.39, 0.29) is 5.91 Å². The van der Waals surface area contributed by atoms with Gasteiger partial charge in [-0.15, -0.1) is 0 Å². The summed E-state index contributed by atoms with van der Waals surface area (Å²) in [5.74, 6) is -1.27. The Labute approximate surface area is 119 Å². The highest BCUT2D eigenvalue weighted by Crippen LogP contribution is 2.14. The topological polar surface area (TPSA) is 87.3 Å². The molecule has 7 heteroatoms. The van der Waals surface area contributed by atoms with E-state index in [2.05, 4.69) is 32.1 Å². The molecule has 3 N–H and O–H groups in total. The van der Waals surface area contributed by atoms with E-state index in [1.54, 1.807) is 24.3 Å². The van der Waals surface area contributed by atoms with Crippen molar-refractivity contribution in [2.45, 2.75) is 19.9 Å². The average Bonchev–Trinajstić information content (AvgIpc) is 2.35. The number of nitrogens with one attached hydrogen (secondary N) is 3. The molecule has 0 spiro atoms. The average molecular weight is 328 g/mol. The summed E-state index contributed by atoms with van der Waals surface area (Å²) in [5.41, 5.74) is 4.91. The van der Waals surface area contributed by atoms with Gasteiger partial charge in [0, 0.05) is 11.4 Å². The summed E-state index contributed by atoms with van der Waals surface area (Å²) in [6.07, 6.45) is 0. The molecule has 1 rings (SSSR count). The molecule has 0 saturated carbocycles. The fourth-order valence-corrected chi connectivity index (χ4v) is 1.77. The third-order valence-electron chi connectivity index (χ3n) is 2.23. The highest BCUT2D eigenvalue weighted by atomic mass is 79.9. The SMILES string of the molecule is CC(=O)NC(C)C(=O)NNC(=O)c1ccccc1Br. The fraction of sp³-hybridized carbons (Fsp3) is 0.250. The van der Waals surface area contributed by atoms with Crippen molar-refractivity contribution in [1.82, 2.24) is 16.2 Å². The van der Waals surface area contributed by atoms with Gasteiger partial charge in [0.15, 0.2) is 0 Å². The zero-order chi connectivity index (χ0) is 14.4. The lowest BCUT2D eigenvalue weighted by Gasteiger charge is -2.13. The molecule has 6 nitrogen and oxygen atoms in total. The van der Waals surface area contributed by atoms with Crippen molar-refractivity contribution in [3.05, 3.63) is 34.3 Å². The van der Waals surface area contributed by atoms with Gasteiger partial charge in [-0.25, -0.2) is 0 Å². The van der Waals surface area contributed by atoms with E-state index in [4.69, 9.17) is 0 Å². The number of hydrogen-bond acceptors (Lipinski definition) is 3. The molecule has 0 aliphatic carbocycles. The maximum Gasteiger partial charge on any atom is 0.270 e. The number of rotatable bonds is 3. The van der Waals surface area contributed by atoms with E-state index in [9.17, 15) is 14.4 Å². The molecular formula is C12H14BrN3O3.